The van der Waals surface area contributed by atoms with Gasteiger partial charge in [0.25, 0.3) is 0 Å². The number of likely N-dealkylation sites (N-methyl/N-ethyl adjacent to an activating group) is 1. The zero-order valence-electron chi connectivity index (χ0n) is 9.98. The van der Waals surface area contributed by atoms with E-state index in [2.05, 4.69) is 50.1 Å². The molecule has 2 nitrogen and oxygen atoms in total. The molecule has 0 spiro atoms. The van der Waals surface area contributed by atoms with Crippen molar-refractivity contribution in [1.29, 1.82) is 0 Å². The van der Waals surface area contributed by atoms with Crippen molar-refractivity contribution < 1.29 is 0 Å². The Balaban J connectivity index is 2.71. The van der Waals surface area contributed by atoms with Crippen molar-refractivity contribution in [2.24, 2.45) is 11.7 Å². The summed E-state index contributed by atoms with van der Waals surface area (Å²) >= 11 is 0. The molecule has 1 aromatic carbocycles. The van der Waals surface area contributed by atoms with Crippen molar-refractivity contribution in [2.45, 2.75) is 19.9 Å². The van der Waals surface area contributed by atoms with Gasteiger partial charge in [-0.25, -0.2) is 0 Å². The number of nitrogens with two attached hydrogens (primary N) is 1. The highest BCUT2D eigenvalue weighted by molar-refractivity contribution is 5.19. The standard InChI is InChI=1S/C13H22N2/c1-11(2)10-15(3)13(9-14)12-7-5-4-6-8-12/h4-8,11,13H,9-10,14H2,1-3H3. The molecule has 1 unspecified atom stereocenters. The maximum absolute atomic E-state index is 5.84. The molecule has 0 bridgehead atoms. The first-order chi connectivity index (χ1) is 7.15. The summed E-state index contributed by atoms with van der Waals surface area (Å²) in [6.45, 7) is 6.22. The van der Waals surface area contributed by atoms with Gasteiger partial charge in [0.2, 0.25) is 0 Å². The van der Waals surface area contributed by atoms with E-state index in [0.717, 1.165) is 6.54 Å². The highest BCUT2D eigenvalue weighted by Gasteiger charge is 2.15. The summed E-state index contributed by atoms with van der Waals surface area (Å²) in [6.07, 6.45) is 0. The van der Waals surface area contributed by atoms with Gasteiger partial charge < -0.3 is 5.73 Å². The fraction of sp³-hybridized carbons (Fsp3) is 0.538. The summed E-state index contributed by atoms with van der Waals surface area (Å²) in [5.41, 5.74) is 7.15. The lowest BCUT2D eigenvalue weighted by Crippen LogP contribution is -2.33. The Hall–Kier alpha value is -0.860. The van der Waals surface area contributed by atoms with Crippen molar-refractivity contribution >= 4 is 0 Å². The first kappa shape index (κ1) is 12.2. The van der Waals surface area contributed by atoms with Crippen molar-refractivity contribution in [2.75, 3.05) is 20.1 Å². The third-order valence-electron chi connectivity index (χ3n) is 2.59. The van der Waals surface area contributed by atoms with Crippen LogP contribution in [0.1, 0.15) is 25.5 Å². The van der Waals surface area contributed by atoms with Gasteiger partial charge in [0.1, 0.15) is 0 Å². The fourth-order valence-electron chi connectivity index (χ4n) is 1.95. The summed E-state index contributed by atoms with van der Waals surface area (Å²) in [5.74, 6) is 0.674. The molecule has 0 aliphatic rings. The second-order valence-corrected chi connectivity index (χ2v) is 4.50. The molecule has 0 saturated carbocycles. The number of hydrogen-bond donors (Lipinski definition) is 1. The normalized spacial score (nSPS) is 13.5. The second-order valence-electron chi connectivity index (χ2n) is 4.50. The van der Waals surface area contributed by atoms with Crippen LogP contribution in [0, 0.1) is 5.92 Å². The largest absolute Gasteiger partial charge is 0.329 e. The molecule has 1 aromatic rings. The molecule has 2 N–H and O–H groups in total. The molecule has 1 atom stereocenters. The lowest BCUT2D eigenvalue weighted by Gasteiger charge is -2.28. The Morgan fingerprint density at radius 2 is 1.80 bits per heavy atom. The van der Waals surface area contributed by atoms with Gasteiger partial charge in [-0.15, -0.1) is 0 Å². The molecular formula is C13H22N2. The van der Waals surface area contributed by atoms with Crippen LogP contribution in [0.15, 0.2) is 30.3 Å². The topological polar surface area (TPSA) is 29.3 Å². The molecule has 0 saturated heterocycles. The summed E-state index contributed by atoms with van der Waals surface area (Å²) < 4.78 is 0. The van der Waals surface area contributed by atoms with E-state index in [0.29, 0.717) is 18.5 Å². The third kappa shape index (κ3) is 3.65. The summed E-state index contributed by atoms with van der Waals surface area (Å²) in [7, 11) is 2.14. The average Bonchev–Trinajstić information content (AvgIpc) is 2.19. The molecule has 0 aromatic heterocycles. The molecule has 0 radical (unpaired) electrons. The maximum Gasteiger partial charge on any atom is 0.0467 e. The van der Waals surface area contributed by atoms with Crippen LogP contribution in [0.25, 0.3) is 0 Å². The predicted molar refractivity (Wildman–Crippen MR) is 65.7 cm³/mol. The van der Waals surface area contributed by atoms with Gasteiger partial charge in [0.05, 0.1) is 0 Å². The molecule has 0 amide bonds. The van der Waals surface area contributed by atoms with Crippen LogP contribution in [0.3, 0.4) is 0 Å². The van der Waals surface area contributed by atoms with E-state index >= 15 is 0 Å². The van der Waals surface area contributed by atoms with E-state index in [4.69, 9.17) is 5.73 Å². The third-order valence-corrected chi connectivity index (χ3v) is 2.59. The number of hydrogen-bond acceptors (Lipinski definition) is 2. The van der Waals surface area contributed by atoms with Gasteiger partial charge in [-0.3, -0.25) is 4.90 Å². The Labute approximate surface area is 93.1 Å². The van der Waals surface area contributed by atoms with E-state index in [1.54, 1.807) is 0 Å². The summed E-state index contributed by atoms with van der Waals surface area (Å²) in [4.78, 5) is 2.33. The zero-order chi connectivity index (χ0) is 11.3. The number of rotatable bonds is 5. The van der Waals surface area contributed by atoms with Gasteiger partial charge in [0, 0.05) is 19.1 Å². The van der Waals surface area contributed by atoms with Crippen LogP contribution in [-0.2, 0) is 0 Å². The lowest BCUT2D eigenvalue weighted by molar-refractivity contribution is 0.224. The maximum atomic E-state index is 5.84. The van der Waals surface area contributed by atoms with Crippen molar-refractivity contribution in [3.05, 3.63) is 35.9 Å². The minimum absolute atomic E-state index is 0.341. The summed E-state index contributed by atoms with van der Waals surface area (Å²) in [5, 5.41) is 0. The molecule has 2 heteroatoms. The van der Waals surface area contributed by atoms with Gasteiger partial charge in [-0.2, -0.15) is 0 Å². The van der Waals surface area contributed by atoms with E-state index < -0.39 is 0 Å². The van der Waals surface area contributed by atoms with E-state index in [1.807, 2.05) is 6.07 Å². The van der Waals surface area contributed by atoms with Crippen LogP contribution in [-0.4, -0.2) is 25.0 Å². The van der Waals surface area contributed by atoms with E-state index in [-0.39, 0.29) is 0 Å². The van der Waals surface area contributed by atoms with Crippen LogP contribution >= 0.6 is 0 Å². The first-order valence-corrected chi connectivity index (χ1v) is 5.60. The molecular weight excluding hydrogens is 184 g/mol. The fourth-order valence-corrected chi connectivity index (χ4v) is 1.95. The minimum atomic E-state index is 0.341. The van der Waals surface area contributed by atoms with Crippen molar-refractivity contribution in [1.82, 2.24) is 4.90 Å². The second kappa shape index (κ2) is 5.89. The summed E-state index contributed by atoms with van der Waals surface area (Å²) in [6, 6.07) is 10.8. The van der Waals surface area contributed by atoms with Crippen LogP contribution in [0.2, 0.25) is 0 Å². The minimum Gasteiger partial charge on any atom is -0.329 e. The van der Waals surface area contributed by atoms with Crippen LogP contribution in [0.5, 0.6) is 0 Å². The molecule has 84 valence electrons. The predicted octanol–water partition coefficient (Wildman–Crippen LogP) is 2.27. The number of benzene rings is 1. The Morgan fingerprint density at radius 3 is 2.27 bits per heavy atom. The van der Waals surface area contributed by atoms with E-state index in [9.17, 15) is 0 Å². The molecule has 0 aliphatic carbocycles. The molecule has 1 rings (SSSR count). The Morgan fingerprint density at radius 1 is 1.20 bits per heavy atom. The monoisotopic (exact) mass is 206 g/mol. The van der Waals surface area contributed by atoms with Crippen LogP contribution < -0.4 is 5.73 Å². The number of nitrogens with zero attached hydrogens (tertiary/aromatic N) is 1. The highest BCUT2D eigenvalue weighted by atomic mass is 15.1. The van der Waals surface area contributed by atoms with Gasteiger partial charge >= 0.3 is 0 Å². The quantitative estimate of drug-likeness (QED) is 0.801. The van der Waals surface area contributed by atoms with Gasteiger partial charge in [-0.05, 0) is 18.5 Å². The van der Waals surface area contributed by atoms with Crippen LogP contribution in [0.4, 0.5) is 0 Å². The van der Waals surface area contributed by atoms with Crippen molar-refractivity contribution in [3.63, 3.8) is 0 Å². The SMILES string of the molecule is CC(C)CN(C)C(CN)c1ccccc1. The Kier molecular flexibility index (Phi) is 4.79. The Bertz CT molecular complexity index is 269. The zero-order valence-corrected chi connectivity index (χ0v) is 9.98. The average molecular weight is 206 g/mol. The molecule has 0 fully saturated rings. The van der Waals surface area contributed by atoms with Crippen molar-refractivity contribution in [3.8, 4) is 0 Å². The molecule has 15 heavy (non-hydrogen) atoms. The smallest absolute Gasteiger partial charge is 0.0467 e. The van der Waals surface area contributed by atoms with Gasteiger partial charge in [0.15, 0.2) is 0 Å². The lowest BCUT2D eigenvalue weighted by atomic mass is 10.0. The molecule has 0 heterocycles. The molecule has 0 aliphatic heterocycles. The van der Waals surface area contributed by atoms with Gasteiger partial charge in [-0.1, -0.05) is 44.2 Å². The highest BCUT2D eigenvalue weighted by Crippen LogP contribution is 2.18. The van der Waals surface area contributed by atoms with E-state index in [1.165, 1.54) is 5.56 Å². The first-order valence-electron chi connectivity index (χ1n) is 5.60.